The van der Waals surface area contributed by atoms with E-state index in [1.807, 2.05) is 0 Å². The summed E-state index contributed by atoms with van der Waals surface area (Å²) in [7, 11) is 0. The molecule has 2 aromatic rings. The van der Waals surface area contributed by atoms with Crippen molar-refractivity contribution < 1.29 is 0 Å². The molecule has 2 aromatic carbocycles. The van der Waals surface area contributed by atoms with Crippen molar-refractivity contribution in [2.45, 2.75) is 20.8 Å². The average molecular weight is 262 g/mol. The number of fused-ring (bicyclic) bond motifs is 1. The van der Waals surface area contributed by atoms with Gasteiger partial charge < -0.3 is 0 Å². The summed E-state index contributed by atoms with van der Waals surface area (Å²) in [5.74, 6) is 0.471. The number of hydrogen-bond donors (Lipinski definition) is 0. The highest BCUT2D eigenvalue weighted by Gasteiger charge is 2.00. The molecule has 0 unspecified atom stereocenters. The summed E-state index contributed by atoms with van der Waals surface area (Å²) in [6.45, 7) is 14.6. The first-order valence-electron chi connectivity index (χ1n) is 7.04. The number of aryl methyl sites for hydroxylation is 1. The van der Waals surface area contributed by atoms with Gasteiger partial charge in [0.2, 0.25) is 0 Å². The van der Waals surface area contributed by atoms with Crippen molar-refractivity contribution in [1.29, 1.82) is 0 Å². The first-order chi connectivity index (χ1) is 9.47. The lowest BCUT2D eigenvalue weighted by molar-refractivity contribution is 0.795. The molecule has 0 nitrogen and oxygen atoms in total. The molecule has 0 saturated carbocycles. The van der Waals surface area contributed by atoms with Crippen molar-refractivity contribution in [2.75, 3.05) is 0 Å². The van der Waals surface area contributed by atoms with Gasteiger partial charge in [-0.05, 0) is 40.8 Å². The van der Waals surface area contributed by atoms with Crippen LogP contribution >= 0.6 is 0 Å². The predicted octanol–water partition coefficient (Wildman–Crippen LogP) is 5.93. The Morgan fingerprint density at radius 1 is 0.950 bits per heavy atom. The van der Waals surface area contributed by atoms with Crippen LogP contribution in [0.25, 0.3) is 16.3 Å². The molecule has 0 aliphatic rings. The molecule has 0 amide bonds. The highest BCUT2D eigenvalue weighted by molar-refractivity contribution is 5.88. The van der Waals surface area contributed by atoms with Gasteiger partial charge in [-0.3, -0.25) is 0 Å². The maximum absolute atomic E-state index is 4.15. The van der Waals surface area contributed by atoms with E-state index in [0.29, 0.717) is 5.92 Å². The van der Waals surface area contributed by atoms with Crippen molar-refractivity contribution in [2.24, 2.45) is 5.92 Å². The Kier molecular flexibility index (Phi) is 4.24. The van der Waals surface area contributed by atoms with Gasteiger partial charge in [0.25, 0.3) is 0 Å². The molecule has 0 N–H and O–H groups in total. The molecule has 0 aromatic heterocycles. The normalized spacial score (nSPS) is 11.4. The van der Waals surface area contributed by atoms with E-state index < -0.39 is 0 Å². The Labute approximate surface area is 122 Å². The van der Waals surface area contributed by atoms with Crippen LogP contribution in [0.15, 0.2) is 67.3 Å². The fraction of sp³-hybridized carbons (Fsp3) is 0.200. The van der Waals surface area contributed by atoms with Gasteiger partial charge >= 0.3 is 0 Å². The summed E-state index contributed by atoms with van der Waals surface area (Å²) in [5.41, 5.74) is 4.60. The van der Waals surface area contributed by atoms with Crippen LogP contribution in [0, 0.1) is 12.8 Å². The van der Waals surface area contributed by atoms with Crippen LogP contribution < -0.4 is 0 Å². The van der Waals surface area contributed by atoms with Crippen molar-refractivity contribution in [3.05, 3.63) is 78.4 Å². The van der Waals surface area contributed by atoms with Crippen molar-refractivity contribution >= 4 is 16.3 Å². The maximum Gasteiger partial charge on any atom is -0.0178 e. The van der Waals surface area contributed by atoms with E-state index in [1.54, 1.807) is 0 Å². The molecular weight excluding hydrogens is 240 g/mol. The zero-order valence-electron chi connectivity index (χ0n) is 12.6. The Hall–Kier alpha value is -2.08. The molecule has 0 radical (unpaired) electrons. The Balaban J connectivity index is 2.27. The van der Waals surface area contributed by atoms with Gasteiger partial charge in [-0.15, -0.1) is 0 Å². The molecule has 0 atom stereocenters. The Morgan fingerprint density at radius 3 is 2.30 bits per heavy atom. The molecule has 2 rings (SSSR count). The predicted molar refractivity (Wildman–Crippen MR) is 90.8 cm³/mol. The number of rotatable bonds is 4. The third-order valence-corrected chi connectivity index (χ3v) is 3.61. The minimum atomic E-state index is 0.471. The SMILES string of the molecule is C=C(/C=C\C(=C)C(C)C)c1ccc2cc(C)ccc2c1. The van der Waals surface area contributed by atoms with Gasteiger partial charge in [0.15, 0.2) is 0 Å². The molecule has 0 bridgehead atoms. The zero-order valence-corrected chi connectivity index (χ0v) is 12.6. The largest absolute Gasteiger partial charge is 0.0956 e. The number of allylic oxidation sites excluding steroid dienone is 4. The second-order valence-electron chi connectivity index (χ2n) is 5.65. The van der Waals surface area contributed by atoms with E-state index in [-0.39, 0.29) is 0 Å². The Morgan fingerprint density at radius 2 is 1.60 bits per heavy atom. The van der Waals surface area contributed by atoms with E-state index in [2.05, 4.69) is 82.5 Å². The molecule has 20 heavy (non-hydrogen) atoms. The second-order valence-corrected chi connectivity index (χ2v) is 5.65. The minimum Gasteiger partial charge on any atom is -0.0956 e. The summed E-state index contributed by atoms with van der Waals surface area (Å²) in [5, 5.41) is 2.53. The van der Waals surface area contributed by atoms with Crippen LogP contribution in [0.1, 0.15) is 25.0 Å². The molecule has 0 heterocycles. The fourth-order valence-corrected chi connectivity index (χ4v) is 2.06. The smallest absolute Gasteiger partial charge is 0.0178 e. The molecule has 0 saturated heterocycles. The van der Waals surface area contributed by atoms with Gasteiger partial charge in [0, 0.05) is 0 Å². The van der Waals surface area contributed by atoms with Gasteiger partial charge in [-0.2, -0.15) is 0 Å². The number of benzene rings is 2. The summed E-state index contributed by atoms with van der Waals surface area (Å²) in [4.78, 5) is 0. The molecule has 0 spiro atoms. The monoisotopic (exact) mass is 262 g/mol. The van der Waals surface area contributed by atoms with E-state index in [9.17, 15) is 0 Å². The highest BCUT2D eigenvalue weighted by Crippen LogP contribution is 2.22. The van der Waals surface area contributed by atoms with Crippen LogP contribution in [0.5, 0.6) is 0 Å². The number of hydrogen-bond acceptors (Lipinski definition) is 0. The highest BCUT2D eigenvalue weighted by atomic mass is 14.0. The van der Waals surface area contributed by atoms with E-state index in [0.717, 1.165) is 16.7 Å². The minimum absolute atomic E-state index is 0.471. The van der Waals surface area contributed by atoms with Crippen LogP contribution in [-0.2, 0) is 0 Å². The quantitative estimate of drug-likeness (QED) is 0.599. The maximum atomic E-state index is 4.15. The lowest BCUT2D eigenvalue weighted by Gasteiger charge is -2.06. The summed E-state index contributed by atoms with van der Waals surface area (Å²) >= 11 is 0. The molecule has 0 aliphatic carbocycles. The average Bonchev–Trinajstić information content (AvgIpc) is 2.43. The van der Waals surface area contributed by atoms with Crippen molar-refractivity contribution in [3.63, 3.8) is 0 Å². The standard InChI is InChI=1S/C20H22/c1-14(2)16(4)7-8-17(5)18-10-11-19-12-15(3)6-9-20(19)13-18/h6-14H,4-5H2,1-3H3/b8-7-. The lowest BCUT2D eigenvalue weighted by Crippen LogP contribution is -1.88. The fourth-order valence-electron chi connectivity index (χ4n) is 2.06. The van der Waals surface area contributed by atoms with Crippen LogP contribution in [0.4, 0.5) is 0 Å². The molecular formula is C20H22. The molecule has 0 fully saturated rings. The third-order valence-electron chi connectivity index (χ3n) is 3.61. The van der Waals surface area contributed by atoms with E-state index in [4.69, 9.17) is 0 Å². The third kappa shape index (κ3) is 3.27. The summed E-state index contributed by atoms with van der Waals surface area (Å²) in [6.07, 6.45) is 4.12. The van der Waals surface area contributed by atoms with Crippen molar-refractivity contribution in [1.82, 2.24) is 0 Å². The zero-order chi connectivity index (χ0) is 14.7. The van der Waals surface area contributed by atoms with Gasteiger partial charge in [0.05, 0.1) is 0 Å². The molecule has 0 aliphatic heterocycles. The topological polar surface area (TPSA) is 0 Å². The second kappa shape index (κ2) is 5.92. The van der Waals surface area contributed by atoms with Crippen LogP contribution in [0.3, 0.4) is 0 Å². The summed E-state index contributed by atoms with van der Waals surface area (Å²) < 4.78 is 0. The van der Waals surface area contributed by atoms with E-state index in [1.165, 1.54) is 16.3 Å². The first kappa shape index (κ1) is 14.3. The van der Waals surface area contributed by atoms with E-state index >= 15 is 0 Å². The molecule has 102 valence electrons. The molecule has 0 heteroatoms. The van der Waals surface area contributed by atoms with Gasteiger partial charge in [-0.25, -0.2) is 0 Å². The first-order valence-corrected chi connectivity index (χ1v) is 7.04. The van der Waals surface area contributed by atoms with Crippen LogP contribution in [0.2, 0.25) is 0 Å². The van der Waals surface area contributed by atoms with Crippen molar-refractivity contribution in [3.8, 4) is 0 Å². The summed E-state index contributed by atoms with van der Waals surface area (Å²) in [6, 6.07) is 13.0. The van der Waals surface area contributed by atoms with Gasteiger partial charge in [-0.1, -0.05) is 80.6 Å². The lowest BCUT2D eigenvalue weighted by atomic mass is 9.99. The van der Waals surface area contributed by atoms with Crippen LogP contribution in [-0.4, -0.2) is 0 Å². The Bertz CT molecular complexity index is 684. The van der Waals surface area contributed by atoms with Gasteiger partial charge in [0.1, 0.15) is 0 Å².